The van der Waals surface area contributed by atoms with Gasteiger partial charge in [0.1, 0.15) is 0 Å². The highest BCUT2D eigenvalue weighted by molar-refractivity contribution is 7.11. The first kappa shape index (κ1) is 15.1. The molecule has 0 bridgehead atoms. The van der Waals surface area contributed by atoms with Gasteiger partial charge < -0.3 is 10.6 Å². The summed E-state index contributed by atoms with van der Waals surface area (Å²) in [5, 5.41) is 7.28. The van der Waals surface area contributed by atoms with Gasteiger partial charge in [-0.3, -0.25) is 4.79 Å². The van der Waals surface area contributed by atoms with E-state index in [4.69, 9.17) is 0 Å². The molecule has 102 valence electrons. The van der Waals surface area contributed by atoms with Crippen molar-refractivity contribution < 1.29 is 4.79 Å². The van der Waals surface area contributed by atoms with Crippen molar-refractivity contribution in [2.24, 2.45) is 5.92 Å². The van der Waals surface area contributed by atoms with Gasteiger partial charge in [0.05, 0.1) is 16.7 Å². The number of amides is 1. The van der Waals surface area contributed by atoms with E-state index in [2.05, 4.69) is 15.6 Å². The van der Waals surface area contributed by atoms with Crippen LogP contribution in [0.15, 0.2) is 0 Å². The molecule has 4 nitrogen and oxygen atoms in total. The predicted octanol–water partition coefficient (Wildman–Crippen LogP) is 2.18. The van der Waals surface area contributed by atoms with Crippen molar-refractivity contribution in [2.75, 3.05) is 13.1 Å². The standard InChI is InChI=1S/C13H23N3OS/c1-6-14-7-8(2)13(17)16-10(4)12-9(3)15-11(5)18-12/h8,10,14H,6-7H2,1-5H3,(H,16,17). The molecule has 0 aromatic carbocycles. The Kier molecular flexibility index (Phi) is 5.75. The highest BCUT2D eigenvalue weighted by Crippen LogP contribution is 2.24. The summed E-state index contributed by atoms with van der Waals surface area (Å²) in [5.41, 5.74) is 1.02. The van der Waals surface area contributed by atoms with Crippen molar-refractivity contribution in [3.05, 3.63) is 15.6 Å². The number of aryl methyl sites for hydroxylation is 2. The molecule has 0 aliphatic carbocycles. The van der Waals surface area contributed by atoms with Crippen molar-refractivity contribution in [2.45, 2.75) is 40.7 Å². The zero-order valence-electron chi connectivity index (χ0n) is 11.8. The molecule has 0 aliphatic heterocycles. The van der Waals surface area contributed by atoms with Crippen molar-refractivity contribution in [1.29, 1.82) is 0 Å². The maximum absolute atomic E-state index is 12.0. The van der Waals surface area contributed by atoms with Crippen LogP contribution in [0.1, 0.15) is 42.4 Å². The third kappa shape index (κ3) is 4.07. The smallest absolute Gasteiger partial charge is 0.224 e. The van der Waals surface area contributed by atoms with Gasteiger partial charge in [-0.2, -0.15) is 0 Å². The Morgan fingerprint density at radius 1 is 1.39 bits per heavy atom. The SMILES string of the molecule is CCNCC(C)C(=O)NC(C)c1sc(C)nc1C. The number of carbonyl (C=O) groups excluding carboxylic acids is 1. The topological polar surface area (TPSA) is 54.0 Å². The summed E-state index contributed by atoms with van der Waals surface area (Å²) in [7, 11) is 0. The van der Waals surface area contributed by atoms with Crippen LogP contribution in [0.5, 0.6) is 0 Å². The first-order valence-electron chi connectivity index (χ1n) is 6.40. The molecule has 2 atom stereocenters. The average molecular weight is 269 g/mol. The maximum atomic E-state index is 12.0. The lowest BCUT2D eigenvalue weighted by molar-refractivity contribution is -0.125. The van der Waals surface area contributed by atoms with Crippen molar-refractivity contribution >= 4 is 17.2 Å². The molecule has 1 rings (SSSR count). The summed E-state index contributed by atoms with van der Waals surface area (Å²) in [6, 6.07) is 0.0350. The van der Waals surface area contributed by atoms with E-state index in [1.807, 2.05) is 34.6 Å². The highest BCUT2D eigenvalue weighted by Gasteiger charge is 2.18. The van der Waals surface area contributed by atoms with Gasteiger partial charge in [-0.15, -0.1) is 11.3 Å². The van der Waals surface area contributed by atoms with Crippen LogP contribution in [0.4, 0.5) is 0 Å². The van der Waals surface area contributed by atoms with Crippen LogP contribution in [0, 0.1) is 19.8 Å². The fourth-order valence-electron chi connectivity index (χ4n) is 1.82. The number of thiazole rings is 1. The monoisotopic (exact) mass is 269 g/mol. The fourth-order valence-corrected chi connectivity index (χ4v) is 2.75. The summed E-state index contributed by atoms with van der Waals surface area (Å²) < 4.78 is 0. The average Bonchev–Trinajstić information content (AvgIpc) is 2.65. The Hall–Kier alpha value is -0.940. The zero-order chi connectivity index (χ0) is 13.7. The number of hydrogen-bond donors (Lipinski definition) is 2. The Labute approximate surface area is 113 Å². The van der Waals surface area contributed by atoms with E-state index in [1.54, 1.807) is 11.3 Å². The van der Waals surface area contributed by atoms with Gasteiger partial charge in [0, 0.05) is 17.3 Å². The normalized spacial score (nSPS) is 14.3. The van der Waals surface area contributed by atoms with E-state index in [0.717, 1.165) is 28.7 Å². The third-order valence-corrected chi connectivity index (χ3v) is 4.10. The van der Waals surface area contributed by atoms with E-state index < -0.39 is 0 Å². The fraction of sp³-hybridized carbons (Fsp3) is 0.692. The second-order valence-electron chi connectivity index (χ2n) is 4.62. The first-order valence-corrected chi connectivity index (χ1v) is 7.22. The minimum Gasteiger partial charge on any atom is -0.348 e. The van der Waals surface area contributed by atoms with Gasteiger partial charge in [0.2, 0.25) is 5.91 Å². The van der Waals surface area contributed by atoms with Crippen LogP contribution >= 0.6 is 11.3 Å². The lowest BCUT2D eigenvalue weighted by atomic mass is 10.1. The predicted molar refractivity (Wildman–Crippen MR) is 75.9 cm³/mol. The number of hydrogen-bond acceptors (Lipinski definition) is 4. The molecule has 0 fully saturated rings. The largest absolute Gasteiger partial charge is 0.348 e. The maximum Gasteiger partial charge on any atom is 0.224 e. The molecule has 0 radical (unpaired) electrons. The Morgan fingerprint density at radius 2 is 2.06 bits per heavy atom. The summed E-state index contributed by atoms with van der Waals surface area (Å²) in [5.74, 6) is 0.0793. The van der Waals surface area contributed by atoms with Crippen LogP contribution in [0.3, 0.4) is 0 Å². The van der Waals surface area contributed by atoms with Crippen molar-refractivity contribution in [1.82, 2.24) is 15.6 Å². The lowest BCUT2D eigenvalue weighted by Crippen LogP contribution is -2.36. The second-order valence-corrected chi connectivity index (χ2v) is 5.86. The molecule has 1 amide bonds. The van der Waals surface area contributed by atoms with Gasteiger partial charge in [-0.25, -0.2) is 4.98 Å². The summed E-state index contributed by atoms with van der Waals surface area (Å²) in [6.07, 6.45) is 0. The molecule has 0 aliphatic rings. The van der Waals surface area contributed by atoms with E-state index in [9.17, 15) is 4.79 Å². The number of nitrogens with zero attached hydrogens (tertiary/aromatic N) is 1. The minimum atomic E-state index is -0.0123. The van der Waals surface area contributed by atoms with E-state index in [0.29, 0.717) is 0 Å². The number of carbonyl (C=O) groups is 1. The molecule has 18 heavy (non-hydrogen) atoms. The quantitative estimate of drug-likeness (QED) is 0.832. The van der Waals surface area contributed by atoms with Crippen LogP contribution in [-0.4, -0.2) is 24.0 Å². The van der Waals surface area contributed by atoms with Crippen LogP contribution in [-0.2, 0) is 4.79 Å². The third-order valence-electron chi connectivity index (χ3n) is 2.84. The number of aromatic nitrogens is 1. The number of nitrogens with one attached hydrogen (secondary N) is 2. The van der Waals surface area contributed by atoms with Crippen LogP contribution < -0.4 is 10.6 Å². The van der Waals surface area contributed by atoms with Gasteiger partial charge in [-0.1, -0.05) is 13.8 Å². The molecule has 2 N–H and O–H groups in total. The minimum absolute atomic E-state index is 0.0123. The highest BCUT2D eigenvalue weighted by atomic mass is 32.1. The van der Waals surface area contributed by atoms with Crippen LogP contribution in [0.2, 0.25) is 0 Å². The summed E-state index contributed by atoms with van der Waals surface area (Å²) in [4.78, 5) is 17.5. The molecular formula is C13H23N3OS. The van der Waals surface area contributed by atoms with Gasteiger partial charge in [0.15, 0.2) is 0 Å². The summed E-state index contributed by atoms with van der Waals surface area (Å²) >= 11 is 1.65. The van der Waals surface area contributed by atoms with E-state index in [1.165, 1.54) is 0 Å². The van der Waals surface area contributed by atoms with Gasteiger partial charge in [0.25, 0.3) is 0 Å². The summed E-state index contributed by atoms with van der Waals surface area (Å²) in [6.45, 7) is 11.6. The second kappa shape index (κ2) is 6.85. The van der Waals surface area contributed by atoms with E-state index in [-0.39, 0.29) is 17.9 Å². The molecule has 2 unspecified atom stereocenters. The lowest BCUT2D eigenvalue weighted by Gasteiger charge is -2.17. The van der Waals surface area contributed by atoms with Gasteiger partial charge >= 0.3 is 0 Å². The first-order chi connectivity index (χ1) is 8.45. The van der Waals surface area contributed by atoms with Crippen LogP contribution in [0.25, 0.3) is 0 Å². The molecular weight excluding hydrogens is 246 g/mol. The van der Waals surface area contributed by atoms with Crippen molar-refractivity contribution in [3.8, 4) is 0 Å². The van der Waals surface area contributed by atoms with E-state index >= 15 is 0 Å². The molecule has 0 spiro atoms. The molecule has 0 saturated heterocycles. The Morgan fingerprint density at radius 3 is 2.56 bits per heavy atom. The Bertz CT molecular complexity index is 403. The molecule has 1 heterocycles. The molecule has 5 heteroatoms. The Balaban J connectivity index is 2.56. The number of rotatable bonds is 6. The zero-order valence-corrected chi connectivity index (χ0v) is 12.6. The van der Waals surface area contributed by atoms with Gasteiger partial charge in [-0.05, 0) is 27.3 Å². The molecule has 1 aromatic rings. The van der Waals surface area contributed by atoms with Crippen molar-refractivity contribution in [3.63, 3.8) is 0 Å². The molecule has 0 saturated carbocycles. The molecule has 1 aromatic heterocycles.